The van der Waals surface area contributed by atoms with Crippen molar-refractivity contribution in [3.8, 4) is 5.75 Å². The maximum absolute atomic E-state index is 11.4. The lowest BCUT2D eigenvalue weighted by Crippen LogP contribution is -2.33. The number of carbonyl (C=O) groups is 4. The number of hydrogen-bond donors (Lipinski definition) is 1. The summed E-state index contributed by atoms with van der Waals surface area (Å²) in [6.07, 6.45) is -1.22. The number of nitrogens with zero attached hydrogens (tertiary/aromatic N) is 1. The molecule has 0 aliphatic carbocycles. The van der Waals surface area contributed by atoms with E-state index in [1.165, 1.54) is 24.3 Å². The lowest BCUT2D eigenvalue weighted by atomic mass is 10.2. The van der Waals surface area contributed by atoms with Crippen LogP contribution in [-0.2, 0) is 14.4 Å². The monoisotopic (exact) mass is 278 g/mol. The second kappa shape index (κ2) is 5.39. The smallest absolute Gasteiger partial charge is 0.393 e. The van der Waals surface area contributed by atoms with Gasteiger partial charge in [0.05, 0.1) is 0 Å². The van der Waals surface area contributed by atoms with E-state index in [2.05, 4.69) is 4.84 Å². The molecule has 0 saturated carbocycles. The van der Waals surface area contributed by atoms with Crippen LogP contribution < -0.4 is 10.5 Å². The number of ether oxygens (including phenoxy) is 1. The predicted molar refractivity (Wildman–Crippen MR) is 63.2 cm³/mol. The van der Waals surface area contributed by atoms with Gasteiger partial charge in [-0.3, -0.25) is 19.2 Å². The Morgan fingerprint density at radius 2 is 1.60 bits per heavy atom. The van der Waals surface area contributed by atoms with Crippen LogP contribution in [0, 0.1) is 0 Å². The average molecular weight is 278 g/mol. The number of hydrogen-bond acceptors (Lipinski definition) is 6. The molecule has 0 bridgehead atoms. The molecule has 20 heavy (non-hydrogen) atoms. The molecule has 0 radical (unpaired) electrons. The molecular weight excluding hydrogens is 268 g/mol. The van der Waals surface area contributed by atoms with Gasteiger partial charge in [0, 0.05) is 18.4 Å². The molecule has 1 heterocycles. The van der Waals surface area contributed by atoms with Crippen LogP contribution in [0.4, 0.5) is 4.79 Å². The first-order valence-corrected chi connectivity index (χ1v) is 5.63. The molecule has 1 aromatic carbocycles. The highest BCUT2D eigenvalue weighted by molar-refractivity contribution is 6.01. The fraction of sp³-hybridized carbons (Fsp3) is 0.167. The number of primary amides is 1. The second-order valence-corrected chi connectivity index (χ2v) is 3.91. The number of hydroxylamine groups is 2. The van der Waals surface area contributed by atoms with Gasteiger partial charge < -0.3 is 10.5 Å². The van der Waals surface area contributed by atoms with E-state index in [9.17, 15) is 19.2 Å². The average Bonchev–Trinajstić information content (AvgIpc) is 2.71. The fourth-order valence-corrected chi connectivity index (χ4v) is 1.53. The fourth-order valence-electron chi connectivity index (χ4n) is 1.53. The third-order valence-corrected chi connectivity index (χ3v) is 2.51. The van der Waals surface area contributed by atoms with Crippen molar-refractivity contribution in [1.82, 2.24) is 5.06 Å². The third kappa shape index (κ3) is 2.91. The topological polar surface area (TPSA) is 116 Å². The Balaban J connectivity index is 1.96. The summed E-state index contributed by atoms with van der Waals surface area (Å²) < 4.78 is 4.75. The molecule has 8 heteroatoms. The molecule has 0 spiro atoms. The first-order chi connectivity index (χ1) is 9.47. The van der Waals surface area contributed by atoms with Crippen LogP contribution in [0.1, 0.15) is 23.2 Å². The van der Waals surface area contributed by atoms with E-state index in [-0.39, 0.29) is 24.2 Å². The van der Waals surface area contributed by atoms with Gasteiger partial charge in [-0.2, -0.15) is 0 Å². The van der Waals surface area contributed by atoms with E-state index >= 15 is 0 Å². The van der Waals surface area contributed by atoms with Crippen LogP contribution in [0.5, 0.6) is 5.75 Å². The van der Waals surface area contributed by atoms with Crippen molar-refractivity contribution < 1.29 is 28.8 Å². The number of imide groups is 1. The Kier molecular flexibility index (Phi) is 3.65. The minimum Gasteiger partial charge on any atom is -0.393 e. The molecule has 104 valence electrons. The first kappa shape index (κ1) is 13.5. The molecule has 1 aliphatic rings. The van der Waals surface area contributed by atoms with E-state index in [0.717, 1.165) is 0 Å². The molecule has 2 N–H and O–H groups in total. The number of amides is 3. The Labute approximate surface area is 113 Å². The molecule has 0 atom stereocenters. The van der Waals surface area contributed by atoms with Gasteiger partial charge in [-0.05, 0) is 24.3 Å². The largest absolute Gasteiger partial charge is 0.539 e. The lowest BCUT2D eigenvalue weighted by Gasteiger charge is -2.12. The highest BCUT2D eigenvalue weighted by Crippen LogP contribution is 2.15. The van der Waals surface area contributed by atoms with Crippen molar-refractivity contribution in [2.45, 2.75) is 12.8 Å². The van der Waals surface area contributed by atoms with Crippen molar-refractivity contribution in [1.29, 1.82) is 0 Å². The maximum atomic E-state index is 11.4. The van der Waals surface area contributed by atoms with Gasteiger partial charge in [0.1, 0.15) is 5.75 Å². The lowest BCUT2D eigenvalue weighted by molar-refractivity contribution is -0.174. The van der Waals surface area contributed by atoms with Crippen molar-refractivity contribution in [3.63, 3.8) is 0 Å². The standard InChI is InChI=1S/C12H10N2O6/c13-11(17)7-1-3-8(4-2-7)19-12(18)20-14-9(15)5-6-10(14)16/h1-4H,5-6H2,(H2,13,17). The van der Waals surface area contributed by atoms with Crippen LogP contribution >= 0.6 is 0 Å². The van der Waals surface area contributed by atoms with Gasteiger partial charge in [-0.15, -0.1) is 0 Å². The van der Waals surface area contributed by atoms with Gasteiger partial charge in [-0.1, -0.05) is 5.06 Å². The van der Waals surface area contributed by atoms with Crippen molar-refractivity contribution in [2.75, 3.05) is 0 Å². The molecule has 0 unspecified atom stereocenters. The SMILES string of the molecule is NC(=O)c1ccc(OC(=O)ON2C(=O)CCC2=O)cc1. The van der Waals surface area contributed by atoms with Crippen LogP contribution in [0.2, 0.25) is 0 Å². The summed E-state index contributed by atoms with van der Waals surface area (Å²) in [4.78, 5) is 49.2. The minimum absolute atomic E-state index is 0.000574. The number of benzene rings is 1. The summed E-state index contributed by atoms with van der Waals surface area (Å²) in [5.41, 5.74) is 5.30. The van der Waals surface area contributed by atoms with Crippen LogP contribution in [0.3, 0.4) is 0 Å². The maximum Gasteiger partial charge on any atom is 0.539 e. The van der Waals surface area contributed by atoms with E-state index in [1.807, 2.05) is 0 Å². The van der Waals surface area contributed by atoms with E-state index < -0.39 is 23.9 Å². The van der Waals surface area contributed by atoms with Gasteiger partial charge in [0.15, 0.2) is 0 Å². The molecule has 1 aliphatic heterocycles. The summed E-state index contributed by atoms with van der Waals surface area (Å²) in [5.74, 6) is -1.74. The van der Waals surface area contributed by atoms with Crippen molar-refractivity contribution >= 4 is 23.9 Å². The molecule has 3 amide bonds. The highest BCUT2D eigenvalue weighted by atomic mass is 16.8. The zero-order chi connectivity index (χ0) is 14.7. The molecule has 1 saturated heterocycles. The molecular formula is C12H10N2O6. The summed E-state index contributed by atoms with van der Waals surface area (Å²) in [5, 5.41) is 0.375. The third-order valence-electron chi connectivity index (χ3n) is 2.51. The van der Waals surface area contributed by atoms with Gasteiger partial charge in [0.25, 0.3) is 11.8 Å². The zero-order valence-corrected chi connectivity index (χ0v) is 10.2. The van der Waals surface area contributed by atoms with Crippen molar-refractivity contribution in [3.05, 3.63) is 29.8 Å². The predicted octanol–water partition coefficient (Wildman–Crippen LogP) is 0.365. The van der Waals surface area contributed by atoms with E-state index in [4.69, 9.17) is 10.5 Å². The molecule has 8 nitrogen and oxygen atoms in total. The Morgan fingerprint density at radius 1 is 1.05 bits per heavy atom. The summed E-state index contributed by atoms with van der Waals surface area (Å²) >= 11 is 0. The first-order valence-electron chi connectivity index (χ1n) is 5.63. The minimum atomic E-state index is -1.22. The molecule has 1 aromatic rings. The van der Waals surface area contributed by atoms with Crippen LogP contribution in [0.15, 0.2) is 24.3 Å². The van der Waals surface area contributed by atoms with Gasteiger partial charge in [0.2, 0.25) is 5.91 Å². The van der Waals surface area contributed by atoms with Crippen LogP contribution in [0.25, 0.3) is 0 Å². The second-order valence-electron chi connectivity index (χ2n) is 3.91. The summed E-state index contributed by atoms with van der Waals surface area (Å²) in [6, 6.07) is 5.37. The highest BCUT2D eigenvalue weighted by Gasteiger charge is 2.33. The summed E-state index contributed by atoms with van der Waals surface area (Å²) in [7, 11) is 0. The van der Waals surface area contributed by atoms with Gasteiger partial charge >= 0.3 is 6.16 Å². The van der Waals surface area contributed by atoms with Gasteiger partial charge in [-0.25, -0.2) is 4.79 Å². The number of carbonyl (C=O) groups excluding carboxylic acids is 4. The Hall–Kier alpha value is -2.90. The summed E-state index contributed by atoms with van der Waals surface area (Å²) in [6.45, 7) is 0. The van der Waals surface area contributed by atoms with E-state index in [1.54, 1.807) is 0 Å². The number of rotatable bonds is 3. The normalized spacial score (nSPS) is 14.3. The Morgan fingerprint density at radius 3 is 2.10 bits per heavy atom. The molecule has 1 fully saturated rings. The van der Waals surface area contributed by atoms with Crippen LogP contribution in [-0.4, -0.2) is 28.9 Å². The van der Waals surface area contributed by atoms with E-state index in [0.29, 0.717) is 5.06 Å². The number of nitrogens with two attached hydrogens (primary N) is 1. The van der Waals surface area contributed by atoms with Crippen molar-refractivity contribution in [2.24, 2.45) is 5.73 Å². The Bertz CT molecular complexity index is 564. The quantitative estimate of drug-likeness (QED) is 0.485. The molecule has 0 aromatic heterocycles. The zero-order valence-electron chi connectivity index (χ0n) is 10.2. The molecule has 2 rings (SSSR count).